The van der Waals surface area contributed by atoms with E-state index in [1.807, 2.05) is 6.07 Å². The lowest BCUT2D eigenvalue weighted by Gasteiger charge is -2.27. The van der Waals surface area contributed by atoms with Gasteiger partial charge in [0.15, 0.2) is 0 Å². The number of hydrogen-bond acceptors (Lipinski definition) is 2. The Morgan fingerprint density at radius 3 is 2.86 bits per heavy atom. The first kappa shape index (κ1) is 10.7. The van der Waals surface area contributed by atoms with Gasteiger partial charge in [-0.25, -0.2) is 0 Å². The normalized spacial score (nSPS) is 36.5. The Balaban J connectivity index is 1.37. The highest BCUT2D eigenvalue weighted by Gasteiger charge is 2.66. The Bertz CT molecular complexity index is 741. The van der Waals surface area contributed by atoms with Crippen molar-refractivity contribution < 1.29 is 9.47 Å². The van der Waals surface area contributed by atoms with Crippen molar-refractivity contribution in [2.45, 2.75) is 31.0 Å². The number of hydrogen-bond donors (Lipinski definition) is 0. The maximum atomic E-state index is 6.10. The van der Waals surface area contributed by atoms with Gasteiger partial charge in [0, 0.05) is 29.4 Å². The van der Waals surface area contributed by atoms with Crippen LogP contribution in [0.4, 0.5) is 0 Å². The van der Waals surface area contributed by atoms with Crippen LogP contribution in [0.5, 0.6) is 11.5 Å². The van der Waals surface area contributed by atoms with Crippen LogP contribution in [0.2, 0.25) is 0 Å². The van der Waals surface area contributed by atoms with Gasteiger partial charge in [-0.3, -0.25) is 0 Å². The SMILES string of the molecule is [c]1c(C2Cc3ccccc3O2)ccc2c1C1C3CC3C1O2. The van der Waals surface area contributed by atoms with Gasteiger partial charge in [-0.15, -0.1) is 0 Å². The van der Waals surface area contributed by atoms with E-state index >= 15 is 0 Å². The average molecular weight is 275 g/mol. The molecule has 0 N–H and O–H groups in total. The summed E-state index contributed by atoms with van der Waals surface area (Å²) in [7, 11) is 0. The van der Waals surface area contributed by atoms with E-state index in [2.05, 4.69) is 36.4 Å². The van der Waals surface area contributed by atoms with Crippen LogP contribution in [-0.2, 0) is 6.42 Å². The van der Waals surface area contributed by atoms with Crippen LogP contribution in [0.3, 0.4) is 0 Å². The second-order valence-electron chi connectivity index (χ2n) is 6.78. The van der Waals surface area contributed by atoms with Crippen molar-refractivity contribution in [1.29, 1.82) is 0 Å². The molecule has 103 valence electrons. The summed E-state index contributed by atoms with van der Waals surface area (Å²) in [5.74, 6) is 4.43. The minimum atomic E-state index is 0.113. The Morgan fingerprint density at radius 2 is 1.90 bits per heavy atom. The molecule has 5 atom stereocenters. The van der Waals surface area contributed by atoms with Gasteiger partial charge in [-0.2, -0.15) is 0 Å². The molecule has 0 amide bonds. The molecule has 2 nitrogen and oxygen atoms in total. The molecular formula is C19H15O2. The van der Waals surface area contributed by atoms with Gasteiger partial charge in [-0.05, 0) is 36.1 Å². The van der Waals surface area contributed by atoms with E-state index in [0.29, 0.717) is 12.0 Å². The fourth-order valence-corrected chi connectivity index (χ4v) is 4.48. The zero-order chi connectivity index (χ0) is 13.6. The predicted molar refractivity (Wildman–Crippen MR) is 77.5 cm³/mol. The smallest absolute Gasteiger partial charge is 0.128 e. The number of benzene rings is 2. The fourth-order valence-electron chi connectivity index (χ4n) is 4.48. The second-order valence-corrected chi connectivity index (χ2v) is 6.78. The van der Waals surface area contributed by atoms with Crippen molar-refractivity contribution in [2.75, 3.05) is 0 Å². The number of ether oxygens (including phenoxy) is 2. The van der Waals surface area contributed by atoms with E-state index in [1.165, 1.54) is 23.1 Å². The summed E-state index contributed by atoms with van der Waals surface area (Å²) in [5.41, 5.74) is 3.80. The van der Waals surface area contributed by atoms with Crippen LogP contribution >= 0.6 is 0 Å². The molecule has 4 aliphatic rings. The van der Waals surface area contributed by atoms with Crippen LogP contribution < -0.4 is 9.47 Å². The standard InChI is InChI=1S/C19H15O2/c1-2-4-15-10(3-1)8-17(20-15)11-5-6-16-14(7-11)18-12-9-13(12)19(18)21-16/h1-6,12-13,17-19H,8-9H2. The molecule has 0 spiro atoms. The highest BCUT2D eigenvalue weighted by Crippen LogP contribution is 2.69. The third-order valence-corrected chi connectivity index (χ3v) is 5.68. The molecule has 2 fully saturated rings. The molecule has 2 saturated carbocycles. The lowest BCUT2D eigenvalue weighted by atomic mass is 9.78. The summed E-state index contributed by atoms with van der Waals surface area (Å²) < 4.78 is 12.2. The van der Waals surface area contributed by atoms with E-state index in [9.17, 15) is 0 Å². The zero-order valence-corrected chi connectivity index (χ0v) is 11.6. The largest absolute Gasteiger partial charge is 0.489 e. The van der Waals surface area contributed by atoms with Crippen LogP contribution in [-0.4, -0.2) is 6.10 Å². The van der Waals surface area contributed by atoms with Gasteiger partial charge in [-0.1, -0.05) is 24.3 Å². The molecule has 0 saturated heterocycles. The molecule has 5 unspecified atom stereocenters. The highest BCUT2D eigenvalue weighted by atomic mass is 16.5. The molecule has 2 aliphatic carbocycles. The van der Waals surface area contributed by atoms with Gasteiger partial charge in [0.05, 0.1) is 0 Å². The van der Waals surface area contributed by atoms with Gasteiger partial charge < -0.3 is 9.47 Å². The molecule has 2 heteroatoms. The summed E-state index contributed by atoms with van der Waals surface area (Å²) in [4.78, 5) is 0. The van der Waals surface area contributed by atoms with E-state index in [4.69, 9.17) is 9.47 Å². The van der Waals surface area contributed by atoms with Crippen molar-refractivity contribution in [3.63, 3.8) is 0 Å². The molecule has 2 heterocycles. The minimum absolute atomic E-state index is 0.113. The molecule has 21 heavy (non-hydrogen) atoms. The van der Waals surface area contributed by atoms with Crippen molar-refractivity contribution in [1.82, 2.24) is 0 Å². The summed E-state index contributed by atoms with van der Waals surface area (Å²) in [6.45, 7) is 0. The monoisotopic (exact) mass is 275 g/mol. The Morgan fingerprint density at radius 1 is 0.952 bits per heavy atom. The molecule has 0 bridgehead atoms. The lowest BCUT2D eigenvalue weighted by Crippen LogP contribution is -2.32. The predicted octanol–water partition coefficient (Wildman–Crippen LogP) is 3.66. The average Bonchev–Trinajstić information content (AvgIpc) is 2.93. The topological polar surface area (TPSA) is 18.5 Å². The fraction of sp³-hybridized carbons (Fsp3) is 0.368. The van der Waals surface area contributed by atoms with Crippen molar-refractivity contribution >= 4 is 0 Å². The molecule has 2 aromatic carbocycles. The summed E-state index contributed by atoms with van der Waals surface area (Å²) in [5, 5.41) is 0. The lowest BCUT2D eigenvalue weighted by molar-refractivity contribution is 0.110. The van der Waals surface area contributed by atoms with E-state index in [1.54, 1.807) is 0 Å². The van der Waals surface area contributed by atoms with Crippen molar-refractivity contribution in [3.05, 3.63) is 59.2 Å². The van der Waals surface area contributed by atoms with Gasteiger partial charge >= 0.3 is 0 Å². The summed E-state index contributed by atoms with van der Waals surface area (Å²) in [6, 6.07) is 16.2. The number of fused-ring (bicyclic) bond motifs is 7. The third-order valence-electron chi connectivity index (χ3n) is 5.68. The Labute approximate surface area is 123 Å². The van der Waals surface area contributed by atoms with E-state index < -0.39 is 0 Å². The minimum Gasteiger partial charge on any atom is -0.489 e. The second kappa shape index (κ2) is 3.44. The van der Waals surface area contributed by atoms with E-state index in [-0.39, 0.29) is 6.10 Å². The molecule has 2 aromatic rings. The molecule has 0 aromatic heterocycles. The van der Waals surface area contributed by atoms with Crippen LogP contribution in [0.1, 0.15) is 35.1 Å². The van der Waals surface area contributed by atoms with Crippen LogP contribution in [0.15, 0.2) is 36.4 Å². The highest BCUT2D eigenvalue weighted by molar-refractivity contribution is 5.49. The van der Waals surface area contributed by atoms with Gasteiger partial charge in [0.2, 0.25) is 0 Å². The van der Waals surface area contributed by atoms with Crippen molar-refractivity contribution in [3.8, 4) is 11.5 Å². The van der Waals surface area contributed by atoms with Gasteiger partial charge in [0.1, 0.15) is 23.7 Å². The van der Waals surface area contributed by atoms with Crippen molar-refractivity contribution in [2.24, 2.45) is 11.8 Å². The van der Waals surface area contributed by atoms with Gasteiger partial charge in [0.25, 0.3) is 0 Å². The Kier molecular flexibility index (Phi) is 1.75. The first-order valence-corrected chi connectivity index (χ1v) is 7.86. The number of para-hydroxylation sites is 1. The molecule has 2 aliphatic heterocycles. The molecule has 6 rings (SSSR count). The van der Waals surface area contributed by atoms with Crippen LogP contribution in [0.25, 0.3) is 0 Å². The maximum absolute atomic E-state index is 6.10. The summed E-state index contributed by atoms with van der Waals surface area (Å²) >= 11 is 0. The Hall–Kier alpha value is -1.96. The maximum Gasteiger partial charge on any atom is 0.128 e. The van der Waals surface area contributed by atoms with E-state index in [0.717, 1.165) is 29.8 Å². The first-order chi connectivity index (χ1) is 10.4. The third kappa shape index (κ3) is 1.29. The summed E-state index contributed by atoms with van der Waals surface area (Å²) in [6.07, 6.45) is 2.88. The first-order valence-electron chi connectivity index (χ1n) is 7.86. The zero-order valence-electron chi connectivity index (χ0n) is 11.6. The molecule has 1 radical (unpaired) electrons. The molecular weight excluding hydrogens is 260 g/mol. The number of rotatable bonds is 1. The quantitative estimate of drug-likeness (QED) is 0.790. The van der Waals surface area contributed by atoms with Crippen LogP contribution in [0, 0.1) is 17.9 Å².